The molecule has 1 aliphatic rings. The summed E-state index contributed by atoms with van der Waals surface area (Å²) >= 11 is 3.91. The second-order valence-corrected chi connectivity index (χ2v) is 8.01. The molecule has 0 saturated carbocycles. The Morgan fingerprint density at radius 2 is 1.69 bits per heavy atom. The smallest absolute Gasteiger partial charge is 0.327 e. The number of aliphatic hydroxyl groups is 1. The van der Waals surface area contributed by atoms with Crippen molar-refractivity contribution in [3.63, 3.8) is 0 Å². The van der Waals surface area contributed by atoms with E-state index in [4.69, 9.17) is 5.11 Å². The number of carbonyl (C=O) groups excluding carboxylic acids is 3. The Kier molecular flexibility index (Phi) is 10.4. The number of aliphatic carboxylic acids is 1. The minimum Gasteiger partial charge on any atom is -0.480 e. The van der Waals surface area contributed by atoms with Crippen LogP contribution in [-0.4, -0.2) is 76.5 Å². The zero-order chi connectivity index (χ0) is 22.1. The maximum atomic E-state index is 12.7. The third-order valence-corrected chi connectivity index (χ3v) is 4.94. The zero-order valence-electron chi connectivity index (χ0n) is 17.0. The number of aliphatic hydroxyl groups excluding tert-OH is 1. The predicted octanol–water partition coefficient (Wildman–Crippen LogP) is -1.37. The van der Waals surface area contributed by atoms with E-state index in [0.29, 0.717) is 13.0 Å². The number of thiol groups is 1. The van der Waals surface area contributed by atoms with Gasteiger partial charge in [-0.1, -0.05) is 13.8 Å². The summed E-state index contributed by atoms with van der Waals surface area (Å²) in [4.78, 5) is 48.7. The summed E-state index contributed by atoms with van der Waals surface area (Å²) in [7, 11) is 0. The molecule has 166 valence electrons. The minimum absolute atomic E-state index is 0.0209. The van der Waals surface area contributed by atoms with Crippen molar-refractivity contribution < 1.29 is 29.4 Å². The number of rotatable bonds is 11. The van der Waals surface area contributed by atoms with E-state index in [-0.39, 0.29) is 18.1 Å². The lowest BCUT2D eigenvalue weighted by molar-refractivity contribution is -0.141. The van der Waals surface area contributed by atoms with Gasteiger partial charge in [-0.2, -0.15) is 12.6 Å². The molecule has 3 amide bonds. The van der Waals surface area contributed by atoms with Crippen molar-refractivity contribution in [3.8, 4) is 0 Å². The van der Waals surface area contributed by atoms with Crippen molar-refractivity contribution in [2.45, 2.75) is 70.3 Å². The van der Waals surface area contributed by atoms with Gasteiger partial charge >= 0.3 is 5.97 Å². The van der Waals surface area contributed by atoms with Crippen LogP contribution >= 0.6 is 12.6 Å². The summed E-state index contributed by atoms with van der Waals surface area (Å²) in [6, 6.07) is -3.89. The zero-order valence-corrected chi connectivity index (χ0v) is 17.9. The highest BCUT2D eigenvalue weighted by molar-refractivity contribution is 7.80. The predicted molar refractivity (Wildman–Crippen MR) is 109 cm³/mol. The van der Waals surface area contributed by atoms with E-state index < -0.39 is 54.0 Å². The Balaban J connectivity index is 2.84. The maximum absolute atomic E-state index is 12.7. The normalized spacial score (nSPS) is 20.4. The van der Waals surface area contributed by atoms with Crippen molar-refractivity contribution in [3.05, 3.63) is 0 Å². The maximum Gasteiger partial charge on any atom is 0.327 e. The summed E-state index contributed by atoms with van der Waals surface area (Å²) < 4.78 is 0. The fraction of sp³-hybridized carbons (Fsp3) is 0.778. The van der Waals surface area contributed by atoms with Gasteiger partial charge in [0.2, 0.25) is 17.7 Å². The van der Waals surface area contributed by atoms with Gasteiger partial charge in [0.25, 0.3) is 0 Å². The van der Waals surface area contributed by atoms with Gasteiger partial charge in [0.1, 0.15) is 18.1 Å². The van der Waals surface area contributed by atoms with E-state index >= 15 is 0 Å². The van der Waals surface area contributed by atoms with Crippen molar-refractivity contribution in [1.29, 1.82) is 0 Å². The number of carboxylic acid groups (broad SMARTS) is 1. The Bertz CT molecular complexity index is 595. The minimum atomic E-state index is -1.24. The molecule has 0 bridgehead atoms. The number of amides is 3. The first-order valence-electron chi connectivity index (χ1n) is 9.73. The van der Waals surface area contributed by atoms with E-state index in [0.717, 1.165) is 6.42 Å². The lowest BCUT2D eigenvalue weighted by Gasteiger charge is -2.27. The second kappa shape index (κ2) is 12.0. The molecular weight excluding hydrogens is 400 g/mol. The SMILES string of the molecule is CC(C)CC(NC(=O)C(NC(=O)C1CCCN1)C(C)O)C(=O)NC(CS)C(=O)O. The molecule has 5 unspecified atom stereocenters. The van der Waals surface area contributed by atoms with Crippen LogP contribution in [0.25, 0.3) is 0 Å². The van der Waals surface area contributed by atoms with Crippen LogP contribution in [0.5, 0.6) is 0 Å². The van der Waals surface area contributed by atoms with E-state index in [1.807, 2.05) is 13.8 Å². The Morgan fingerprint density at radius 3 is 2.14 bits per heavy atom. The van der Waals surface area contributed by atoms with Gasteiger partial charge in [0, 0.05) is 5.75 Å². The highest BCUT2D eigenvalue weighted by Gasteiger charge is 2.33. The van der Waals surface area contributed by atoms with Crippen LogP contribution in [0.3, 0.4) is 0 Å². The van der Waals surface area contributed by atoms with E-state index in [1.165, 1.54) is 6.92 Å². The average Bonchev–Trinajstić information content (AvgIpc) is 3.16. The van der Waals surface area contributed by atoms with Crippen LogP contribution in [0, 0.1) is 5.92 Å². The molecule has 1 fully saturated rings. The average molecular weight is 433 g/mol. The van der Waals surface area contributed by atoms with Gasteiger partial charge in [-0.25, -0.2) is 4.79 Å². The monoisotopic (exact) mass is 432 g/mol. The standard InChI is InChI=1S/C18H32N4O6S/c1-9(2)7-12(16(25)21-13(8-29)18(27)28)20-17(26)14(10(3)23)22-15(24)11-5-4-6-19-11/h9-14,19,23,29H,4-8H2,1-3H3,(H,20,26)(H,21,25)(H,22,24)(H,27,28). The van der Waals surface area contributed by atoms with Crippen molar-refractivity contribution in [2.24, 2.45) is 5.92 Å². The van der Waals surface area contributed by atoms with Gasteiger partial charge in [0.05, 0.1) is 12.1 Å². The molecule has 6 N–H and O–H groups in total. The van der Waals surface area contributed by atoms with Crippen LogP contribution in [0.1, 0.15) is 40.0 Å². The largest absolute Gasteiger partial charge is 0.480 e. The number of hydrogen-bond acceptors (Lipinski definition) is 7. The highest BCUT2D eigenvalue weighted by Crippen LogP contribution is 2.09. The van der Waals surface area contributed by atoms with Crippen LogP contribution in [0.4, 0.5) is 0 Å². The van der Waals surface area contributed by atoms with Crippen molar-refractivity contribution >= 4 is 36.3 Å². The number of nitrogens with one attached hydrogen (secondary N) is 4. The molecule has 0 aliphatic carbocycles. The van der Waals surface area contributed by atoms with Crippen LogP contribution < -0.4 is 21.3 Å². The van der Waals surface area contributed by atoms with Gasteiger partial charge in [-0.05, 0) is 38.6 Å². The third kappa shape index (κ3) is 8.19. The Hall–Kier alpha value is -1.85. The molecule has 0 radical (unpaired) electrons. The first-order valence-corrected chi connectivity index (χ1v) is 10.4. The number of carbonyl (C=O) groups is 4. The van der Waals surface area contributed by atoms with E-state index in [9.17, 15) is 24.3 Å². The summed E-state index contributed by atoms with van der Waals surface area (Å²) in [5.41, 5.74) is 0. The van der Waals surface area contributed by atoms with Crippen LogP contribution in [0.15, 0.2) is 0 Å². The van der Waals surface area contributed by atoms with Crippen LogP contribution in [-0.2, 0) is 19.2 Å². The molecule has 11 heteroatoms. The first-order chi connectivity index (χ1) is 13.6. The topological polar surface area (TPSA) is 157 Å². The lowest BCUT2D eigenvalue weighted by atomic mass is 10.0. The first kappa shape index (κ1) is 25.2. The molecule has 1 heterocycles. The van der Waals surface area contributed by atoms with E-state index in [2.05, 4.69) is 33.9 Å². The lowest BCUT2D eigenvalue weighted by Crippen LogP contribution is -2.60. The molecule has 0 aromatic carbocycles. The third-order valence-electron chi connectivity index (χ3n) is 4.58. The highest BCUT2D eigenvalue weighted by atomic mass is 32.1. The molecule has 1 aliphatic heterocycles. The summed E-state index contributed by atoms with van der Waals surface area (Å²) in [5.74, 6) is -3.10. The summed E-state index contributed by atoms with van der Waals surface area (Å²) in [6.45, 7) is 5.76. The van der Waals surface area contributed by atoms with Gasteiger partial charge in [-0.15, -0.1) is 0 Å². The molecule has 0 aromatic rings. The number of hydrogen-bond donors (Lipinski definition) is 7. The quantitative estimate of drug-likeness (QED) is 0.199. The molecule has 1 rings (SSSR count). The molecule has 5 atom stereocenters. The fourth-order valence-electron chi connectivity index (χ4n) is 2.99. The molecular formula is C18H32N4O6S. The molecule has 0 spiro atoms. The summed E-state index contributed by atoms with van der Waals surface area (Å²) in [6.07, 6.45) is 0.544. The second-order valence-electron chi connectivity index (χ2n) is 7.65. The van der Waals surface area contributed by atoms with Crippen molar-refractivity contribution in [2.75, 3.05) is 12.3 Å². The molecule has 0 aromatic heterocycles. The van der Waals surface area contributed by atoms with Gasteiger partial charge in [-0.3, -0.25) is 14.4 Å². The summed E-state index contributed by atoms with van der Waals surface area (Å²) in [5, 5.41) is 29.5. The van der Waals surface area contributed by atoms with Gasteiger partial charge in [0.15, 0.2) is 0 Å². The fourth-order valence-corrected chi connectivity index (χ4v) is 3.24. The van der Waals surface area contributed by atoms with Crippen molar-refractivity contribution in [1.82, 2.24) is 21.3 Å². The Morgan fingerprint density at radius 1 is 1.07 bits per heavy atom. The number of carboxylic acids is 1. The van der Waals surface area contributed by atoms with E-state index in [1.54, 1.807) is 0 Å². The molecule has 10 nitrogen and oxygen atoms in total. The van der Waals surface area contributed by atoms with Gasteiger partial charge < -0.3 is 31.5 Å². The Labute approximate surface area is 176 Å². The molecule has 1 saturated heterocycles. The molecule has 29 heavy (non-hydrogen) atoms. The van der Waals surface area contributed by atoms with Crippen LogP contribution in [0.2, 0.25) is 0 Å².